The lowest BCUT2D eigenvalue weighted by molar-refractivity contribution is -0.139. The first-order chi connectivity index (χ1) is 18.2. The average Bonchev–Trinajstić information content (AvgIpc) is 2.88. The van der Waals surface area contributed by atoms with Gasteiger partial charge in [-0.25, -0.2) is 14.0 Å². The number of urea groups is 1. The lowest BCUT2D eigenvalue weighted by atomic mass is 9.93. The van der Waals surface area contributed by atoms with Crippen molar-refractivity contribution >= 4 is 17.9 Å². The maximum absolute atomic E-state index is 13.7. The summed E-state index contributed by atoms with van der Waals surface area (Å²) in [7, 11) is 0. The fourth-order valence-electron chi connectivity index (χ4n) is 5.23. The summed E-state index contributed by atoms with van der Waals surface area (Å²) in [6.45, 7) is 10.0. The van der Waals surface area contributed by atoms with Gasteiger partial charge in [0.1, 0.15) is 5.82 Å². The largest absolute Gasteiger partial charge is 0.463 e. The number of piperazine rings is 1. The summed E-state index contributed by atoms with van der Waals surface area (Å²) < 4.78 is 19.2. The van der Waals surface area contributed by atoms with E-state index in [4.69, 9.17) is 4.74 Å². The number of carbonyl (C=O) groups is 3. The van der Waals surface area contributed by atoms with E-state index in [1.54, 1.807) is 22.8 Å². The Labute approximate surface area is 223 Å². The van der Waals surface area contributed by atoms with Crippen LogP contribution in [0.2, 0.25) is 0 Å². The molecule has 0 aromatic heterocycles. The van der Waals surface area contributed by atoms with E-state index in [0.29, 0.717) is 49.6 Å². The zero-order chi connectivity index (χ0) is 27.4. The molecule has 2 aliphatic rings. The third-order valence-electron chi connectivity index (χ3n) is 7.04. The molecule has 0 spiro atoms. The molecule has 0 aliphatic carbocycles. The molecule has 202 valence electrons. The topological polar surface area (TPSA) is 82.2 Å². The molecule has 1 N–H and O–H groups in total. The van der Waals surface area contributed by atoms with Gasteiger partial charge >= 0.3 is 12.0 Å². The number of esters is 1. The summed E-state index contributed by atoms with van der Waals surface area (Å²) >= 11 is 0. The summed E-state index contributed by atoms with van der Waals surface area (Å²) in [5.41, 5.74) is 3.18. The second-order valence-electron chi connectivity index (χ2n) is 9.71. The number of benzene rings is 2. The van der Waals surface area contributed by atoms with Gasteiger partial charge in [-0.3, -0.25) is 14.6 Å². The molecule has 4 rings (SSSR count). The third kappa shape index (κ3) is 5.72. The molecule has 38 heavy (non-hydrogen) atoms. The molecule has 0 unspecified atom stereocenters. The number of likely N-dealkylation sites (N-methyl/N-ethyl adjacent to an activating group) is 1. The van der Waals surface area contributed by atoms with Crippen LogP contribution in [-0.4, -0.2) is 78.0 Å². The van der Waals surface area contributed by atoms with Gasteiger partial charge in [-0.05, 0) is 51.5 Å². The van der Waals surface area contributed by atoms with E-state index in [1.165, 1.54) is 18.2 Å². The molecule has 2 atom stereocenters. The number of ether oxygens (including phenoxy) is 1. The number of nitrogens with one attached hydrogen (secondary N) is 1. The predicted molar refractivity (Wildman–Crippen MR) is 142 cm³/mol. The minimum atomic E-state index is -0.632. The highest BCUT2D eigenvalue weighted by Gasteiger charge is 2.39. The molecule has 2 heterocycles. The quantitative estimate of drug-likeness (QED) is 0.558. The van der Waals surface area contributed by atoms with Gasteiger partial charge in [-0.15, -0.1) is 0 Å². The first kappa shape index (κ1) is 27.3. The highest BCUT2D eigenvalue weighted by Crippen LogP contribution is 2.33. The smallest absolute Gasteiger partial charge is 0.338 e. The molecule has 0 bridgehead atoms. The predicted octanol–water partition coefficient (Wildman–Crippen LogP) is 3.88. The number of rotatable bonds is 7. The molecule has 2 aliphatic heterocycles. The number of nitrogens with zero attached hydrogens (tertiary/aromatic N) is 3. The first-order valence-corrected chi connectivity index (χ1v) is 13.1. The van der Waals surface area contributed by atoms with Crippen LogP contribution in [0.4, 0.5) is 9.18 Å². The van der Waals surface area contributed by atoms with Crippen molar-refractivity contribution in [3.63, 3.8) is 0 Å². The number of carbonyl (C=O) groups excluding carboxylic acids is 3. The molecule has 2 aromatic carbocycles. The van der Waals surface area contributed by atoms with Gasteiger partial charge in [0.15, 0.2) is 0 Å². The van der Waals surface area contributed by atoms with Crippen LogP contribution in [0.25, 0.3) is 0 Å². The Morgan fingerprint density at radius 2 is 1.87 bits per heavy atom. The molecule has 2 aromatic rings. The minimum Gasteiger partial charge on any atom is -0.463 e. The molecular formula is C29H35FN4O4. The van der Waals surface area contributed by atoms with Gasteiger partial charge in [0.25, 0.3) is 5.91 Å². The van der Waals surface area contributed by atoms with Crippen molar-refractivity contribution in [3.8, 4) is 0 Å². The summed E-state index contributed by atoms with van der Waals surface area (Å²) in [6, 6.07) is 12.4. The monoisotopic (exact) mass is 522 g/mol. The van der Waals surface area contributed by atoms with Crippen LogP contribution in [0.5, 0.6) is 0 Å². The van der Waals surface area contributed by atoms with Crippen LogP contribution in [0, 0.1) is 12.7 Å². The zero-order valence-electron chi connectivity index (χ0n) is 22.4. The Bertz CT molecular complexity index is 1250. The number of halogens is 1. The fourth-order valence-corrected chi connectivity index (χ4v) is 5.23. The van der Waals surface area contributed by atoms with E-state index in [1.807, 2.05) is 45.0 Å². The van der Waals surface area contributed by atoms with Crippen LogP contribution in [-0.2, 0) is 9.53 Å². The van der Waals surface area contributed by atoms with Crippen molar-refractivity contribution in [2.24, 2.45) is 0 Å². The zero-order valence-corrected chi connectivity index (χ0v) is 22.4. The van der Waals surface area contributed by atoms with Gasteiger partial charge in [0.2, 0.25) is 0 Å². The molecule has 0 radical (unpaired) electrons. The number of hydrogen-bond donors (Lipinski definition) is 1. The first-order valence-electron chi connectivity index (χ1n) is 13.1. The van der Waals surface area contributed by atoms with Gasteiger partial charge < -0.3 is 15.0 Å². The minimum absolute atomic E-state index is 0.147. The van der Waals surface area contributed by atoms with Crippen LogP contribution in [0.3, 0.4) is 0 Å². The van der Waals surface area contributed by atoms with Crippen LogP contribution >= 0.6 is 0 Å². The molecule has 3 amide bonds. The summed E-state index contributed by atoms with van der Waals surface area (Å²) in [5.74, 6) is -1.12. The van der Waals surface area contributed by atoms with E-state index in [-0.39, 0.29) is 24.6 Å². The number of aryl methyl sites for hydroxylation is 1. The molecule has 1 saturated heterocycles. The Balaban J connectivity index is 1.63. The van der Waals surface area contributed by atoms with Crippen LogP contribution in [0.1, 0.15) is 48.3 Å². The summed E-state index contributed by atoms with van der Waals surface area (Å²) in [6.07, 6.45) is 0. The van der Waals surface area contributed by atoms with Crippen LogP contribution < -0.4 is 5.32 Å². The second kappa shape index (κ2) is 11.8. The second-order valence-corrected chi connectivity index (χ2v) is 9.71. The van der Waals surface area contributed by atoms with E-state index in [0.717, 1.165) is 11.1 Å². The Morgan fingerprint density at radius 1 is 1.11 bits per heavy atom. The van der Waals surface area contributed by atoms with Crippen LogP contribution in [0.15, 0.2) is 59.8 Å². The number of amides is 3. The van der Waals surface area contributed by atoms with E-state index >= 15 is 0 Å². The highest BCUT2D eigenvalue weighted by atomic mass is 19.1. The van der Waals surface area contributed by atoms with Gasteiger partial charge in [0, 0.05) is 50.0 Å². The fraction of sp³-hybridized carbons (Fsp3) is 0.414. The summed E-state index contributed by atoms with van der Waals surface area (Å²) in [5, 5.41) is 3.00. The normalized spacial score (nSPS) is 20.4. The lowest BCUT2D eigenvalue weighted by Crippen LogP contribution is -2.56. The molecular weight excluding hydrogens is 487 g/mol. The van der Waals surface area contributed by atoms with Crippen molar-refractivity contribution in [1.82, 2.24) is 20.0 Å². The van der Waals surface area contributed by atoms with Crippen molar-refractivity contribution < 1.29 is 23.5 Å². The van der Waals surface area contributed by atoms with Gasteiger partial charge in [-0.1, -0.05) is 35.9 Å². The van der Waals surface area contributed by atoms with Crippen molar-refractivity contribution in [3.05, 3.63) is 82.3 Å². The van der Waals surface area contributed by atoms with Crippen molar-refractivity contribution in [2.75, 3.05) is 39.3 Å². The molecule has 9 heteroatoms. The maximum atomic E-state index is 13.7. The number of hydrogen-bond acceptors (Lipinski definition) is 5. The summed E-state index contributed by atoms with van der Waals surface area (Å²) in [4.78, 5) is 45.0. The standard InChI is InChI=1S/C29H35FN4O4/c1-5-33-24(18-32-13-14-34(20(4)17-32)27(35)22-11-8-12-23(30)16-22)25(28(36)38-6-2)26(31-29(33)37)21-10-7-9-19(3)15-21/h7-12,15-16,20,26H,5-6,13-14,17-18H2,1-4H3,(H,31,37)/t20-,26+/m0/s1. The highest BCUT2D eigenvalue weighted by molar-refractivity contribution is 5.95. The Morgan fingerprint density at radius 3 is 2.53 bits per heavy atom. The molecule has 8 nitrogen and oxygen atoms in total. The van der Waals surface area contributed by atoms with Gasteiger partial charge in [-0.2, -0.15) is 0 Å². The Kier molecular flexibility index (Phi) is 8.46. The maximum Gasteiger partial charge on any atom is 0.338 e. The van der Waals surface area contributed by atoms with E-state index in [2.05, 4.69) is 10.2 Å². The average molecular weight is 523 g/mol. The van der Waals surface area contributed by atoms with Gasteiger partial charge in [0.05, 0.1) is 18.2 Å². The molecule has 1 fully saturated rings. The van der Waals surface area contributed by atoms with E-state index < -0.39 is 17.8 Å². The van der Waals surface area contributed by atoms with Crippen molar-refractivity contribution in [1.29, 1.82) is 0 Å². The third-order valence-corrected chi connectivity index (χ3v) is 7.04. The lowest BCUT2D eigenvalue weighted by Gasteiger charge is -2.43. The molecule has 0 saturated carbocycles. The Hall–Kier alpha value is -3.72. The van der Waals surface area contributed by atoms with E-state index in [9.17, 15) is 18.8 Å². The van der Waals surface area contributed by atoms with Crippen molar-refractivity contribution in [2.45, 2.75) is 39.8 Å². The SMILES string of the molecule is CCOC(=O)C1=C(CN2CCN(C(=O)c3cccc(F)c3)[C@@H](C)C2)N(CC)C(=O)N[C@@H]1c1cccc(C)c1.